The summed E-state index contributed by atoms with van der Waals surface area (Å²) >= 11 is 3.61. The van der Waals surface area contributed by atoms with E-state index >= 15 is 0 Å². The van der Waals surface area contributed by atoms with E-state index in [0.717, 1.165) is 40.3 Å². The fourth-order valence-corrected chi connectivity index (χ4v) is 8.35. The molecule has 3 aromatic carbocycles. The van der Waals surface area contributed by atoms with E-state index in [0.29, 0.717) is 15.5 Å². The van der Waals surface area contributed by atoms with Crippen LogP contribution in [0.25, 0.3) is 10.1 Å². The van der Waals surface area contributed by atoms with Gasteiger partial charge in [-0.2, -0.15) is 13.2 Å². The van der Waals surface area contributed by atoms with Crippen molar-refractivity contribution in [1.29, 1.82) is 0 Å². The molecular weight excluding hydrogens is 630 g/mol. The zero-order valence-corrected chi connectivity index (χ0v) is 25.1. The van der Waals surface area contributed by atoms with E-state index in [1.807, 2.05) is 60.7 Å². The van der Waals surface area contributed by atoms with E-state index < -0.39 is 46.6 Å². The number of halogens is 3. The van der Waals surface area contributed by atoms with Gasteiger partial charge in [0.2, 0.25) is 5.91 Å². The molecule has 2 atom stereocenters. The highest BCUT2D eigenvalue weighted by molar-refractivity contribution is 8.04. The largest absolute Gasteiger partial charge is 0.448 e. The lowest BCUT2D eigenvalue weighted by molar-refractivity contribution is -0.153. The van der Waals surface area contributed by atoms with E-state index in [-0.39, 0.29) is 15.8 Å². The van der Waals surface area contributed by atoms with Crippen LogP contribution in [-0.4, -0.2) is 33.9 Å². The van der Waals surface area contributed by atoms with E-state index in [2.05, 4.69) is 0 Å². The Bertz CT molecular complexity index is 1820. The molecule has 1 fully saturated rings. The number of nitrogens with two attached hydrogens (primary N) is 1. The number of nitrogens with zero attached hydrogens (tertiary/aromatic N) is 1. The summed E-state index contributed by atoms with van der Waals surface area (Å²) in [6.45, 7) is 0. The number of carbonyl (C=O) groups excluding carboxylic acids is 2. The number of β-lactam (4-membered cyclic amide) rings is 1. The van der Waals surface area contributed by atoms with Crippen LogP contribution < -0.4 is 11.2 Å². The summed E-state index contributed by atoms with van der Waals surface area (Å²) in [6, 6.07) is 22.6. The molecule has 6 nitrogen and oxygen atoms in total. The predicted octanol–water partition coefficient (Wildman–Crippen LogP) is 6.72. The van der Waals surface area contributed by atoms with Gasteiger partial charge in [-0.15, -0.1) is 23.1 Å². The number of rotatable bonds is 7. The molecule has 0 spiro atoms. The van der Waals surface area contributed by atoms with Crippen LogP contribution in [0.5, 0.6) is 0 Å². The fraction of sp³-hybridized carbons (Fsp3) is 0.156. The Morgan fingerprint density at radius 3 is 2.30 bits per heavy atom. The summed E-state index contributed by atoms with van der Waals surface area (Å²) in [7, 11) is 0. The Labute approximate surface area is 262 Å². The summed E-state index contributed by atoms with van der Waals surface area (Å²) in [5.41, 5.74) is 6.47. The number of allylic oxidation sites excluding steroid dienone is 1. The van der Waals surface area contributed by atoms with Crippen LogP contribution in [0.4, 0.5) is 13.2 Å². The van der Waals surface area contributed by atoms with E-state index in [4.69, 9.17) is 10.5 Å². The summed E-state index contributed by atoms with van der Waals surface area (Å²) in [4.78, 5) is 40.8. The van der Waals surface area contributed by atoms with Crippen LogP contribution in [0.1, 0.15) is 22.8 Å². The van der Waals surface area contributed by atoms with Crippen LogP contribution in [-0.2, 0) is 20.5 Å². The van der Waals surface area contributed by atoms with Crippen molar-refractivity contribution in [3.8, 4) is 0 Å². The molecule has 1 saturated heterocycles. The number of hydrogen-bond acceptors (Lipinski definition) is 8. The molecule has 4 aromatic rings. The topological polar surface area (TPSA) is 89.7 Å². The summed E-state index contributed by atoms with van der Waals surface area (Å²) in [5.74, 6) is -0.710. The molecule has 1 amide bonds. The van der Waals surface area contributed by atoms with Gasteiger partial charge in [0.1, 0.15) is 17.1 Å². The number of thioether (sulfide) groups is 2. The molecule has 0 bridgehead atoms. The molecule has 0 radical (unpaired) electrons. The molecule has 44 heavy (non-hydrogen) atoms. The average Bonchev–Trinajstić information content (AvgIpc) is 3.03. The maximum Gasteiger partial charge on any atom is 0.417 e. The Morgan fingerprint density at radius 1 is 1.00 bits per heavy atom. The monoisotopic (exact) mass is 652 g/mol. The third-order valence-corrected chi connectivity index (χ3v) is 10.5. The average molecular weight is 653 g/mol. The van der Waals surface area contributed by atoms with Crippen molar-refractivity contribution >= 4 is 56.8 Å². The summed E-state index contributed by atoms with van der Waals surface area (Å²) < 4.78 is 47.2. The van der Waals surface area contributed by atoms with Gasteiger partial charge in [0, 0.05) is 16.5 Å². The number of carbonyl (C=O) groups is 2. The lowest BCUT2D eigenvalue weighted by Gasteiger charge is -2.48. The van der Waals surface area contributed by atoms with Crippen molar-refractivity contribution in [3.63, 3.8) is 0 Å². The van der Waals surface area contributed by atoms with Gasteiger partial charge in [0.15, 0.2) is 11.5 Å². The van der Waals surface area contributed by atoms with Crippen LogP contribution >= 0.6 is 34.9 Å². The van der Waals surface area contributed by atoms with E-state index in [1.165, 1.54) is 34.9 Å². The molecule has 0 saturated carbocycles. The normalized spacial score (nSPS) is 18.6. The third kappa shape index (κ3) is 5.82. The second-order valence-electron chi connectivity index (χ2n) is 9.94. The smallest absolute Gasteiger partial charge is 0.417 e. The maximum atomic E-state index is 13.8. The van der Waals surface area contributed by atoms with Crippen LogP contribution in [0, 0.1) is 0 Å². The molecule has 0 aliphatic carbocycles. The minimum absolute atomic E-state index is 0.0932. The molecule has 2 N–H and O–H groups in total. The zero-order chi connectivity index (χ0) is 31.0. The van der Waals surface area contributed by atoms with Gasteiger partial charge in [-0.1, -0.05) is 78.5 Å². The number of alkyl halides is 3. The highest BCUT2D eigenvalue weighted by Gasteiger charge is 2.52. The molecular formula is C32H23F3N2O4S3. The van der Waals surface area contributed by atoms with E-state index in [1.54, 1.807) is 11.5 Å². The van der Waals surface area contributed by atoms with Crippen molar-refractivity contribution < 1.29 is 27.5 Å². The first-order valence-electron chi connectivity index (χ1n) is 13.3. The second kappa shape index (κ2) is 12.3. The first-order chi connectivity index (χ1) is 21.1. The second-order valence-corrected chi connectivity index (χ2v) is 13.3. The number of benzene rings is 3. The third-order valence-electron chi connectivity index (χ3n) is 7.15. The van der Waals surface area contributed by atoms with Gasteiger partial charge in [0.05, 0.1) is 15.2 Å². The SMILES string of the molecule is N[C@@H]1C(=O)N2C(C(=O)OC(c3ccccc3)c3ccccc3)=C(C=CSc3cc(=O)c4c(C(F)(F)F)cccc4s3)CS[C@H]12. The van der Waals surface area contributed by atoms with Gasteiger partial charge in [-0.25, -0.2) is 4.79 Å². The number of hydrogen-bond donors (Lipinski definition) is 1. The minimum atomic E-state index is -4.65. The maximum absolute atomic E-state index is 13.8. The fourth-order valence-electron chi connectivity index (χ4n) is 5.07. The van der Waals surface area contributed by atoms with Gasteiger partial charge in [-0.3, -0.25) is 14.5 Å². The lowest BCUT2D eigenvalue weighted by Crippen LogP contribution is -2.68. The van der Waals surface area contributed by atoms with Crippen molar-refractivity contribution in [3.05, 3.63) is 135 Å². The minimum Gasteiger partial charge on any atom is -0.448 e. The van der Waals surface area contributed by atoms with Gasteiger partial charge in [0.25, 0.3) is 0 Å². The van der Waals surface area contributed by atoms with Crippen LogP contribution in [0.2, 0.25) is 0 Å². The number of ether oxygens (including phenoxy) is 1. The van der Waals surface area contributed by atoms with Crippen molar-refractivity contribution in [1.82, 2.24) is 4.90 Å². The van der Waals surface area contributed by atoms with Crippen molar-refractivity contribution in [2.24, 2.45) is 5.73 Å². The van der Waals surface area contributed by atoms with Gasteiger partial charge in [-0.05, 0) is 40.3 Å². The number of amides is 1. The first-order valence-corrected chi connectivity index (χ1v) is 16.1. The highest BCUT2D eigenvalue weighted by atomic mass is 32.2. The zero-order valence-electron chi connectivity index (χ0n) is 22.7. The van der Waals surface area contributed by atoms with Crippen LogP contribution in [0.15, 0.2) is 117 Å². The summed E-state index contributed by atoms with van der Waals surface area (Å²) in [6.07, 6.45) is -3.72. The van der Waals surface area contributed by atoms with Crippen LogP contribution in [0.3, 0.4) is 0 Å². The van der Waals surface area contributed by atoms with Gasteiger partial charge >= 0.3 is 12.1 Å². The first kappa shape index (κ1) is 30.2. The molecule has 2 aliphatic heterocycles. The van der Waals surface area contributed by atoms with Crippen molar-refractivity contribution in [2.45, 2.75) is 27.9 Å². The number of fused-ring (bicyclic) bond motifs is 2. The molecule has 224 valence electrons. The lowest BCUT2D eigenvalue weighted by atomic mass is 10.0. The summed E-state index contributed by atoms with van der Waals surface area (Å²) in [5, 5.41) is 0.875. The predicted molar refractivity (Wildman–Crippen MR) is 167 cm³/mol. The number of esters is 1. The molecule has 12 heteroatoms. The van der Waals surface area contributed by atoms with E-state index in [9.17, 15) is 27.6 Å². The quantitative estimate of drug-likeness (QED) is 0.135. The van der Waals surface area contributed by atoms with Gasteiger partial charge < -0.3 is 10.5 Å². The molecule has 3 heterocycles. The highest BCUT2D eigenvalue weighted by Crippen LogP contribution is 2.42. The molecule has 2 aliphatic rings. The standard InChI is InChI=1S/C32H23F3N2O4S3/c33-32(34,35)21-12-7-13-23-25(21)22(38)16-24(44-23)42-15-14-20-17-43-30-26(36)29(39)37(30)27(20)31(40)41-28(18-8-3-1-4-9-18)19-10-5-2-6-11-19/h1-16,26,28,30H,17,36H2/t26-,30-/m1/s1. The molecule has 6 rings (SSSR count). The Kier molecular flexibility index (Phi) is 8.42. The Hall–Kier alpha value is -3.84. The molecule has 1 aromatic heterocycles. The molecule has 0 unspecified atom stereocenters. The Balaban J connectivity index is 1.32. The Morgan fingerprint density at radius 2 is 1.66 bits per heavy atom. The van der Waals surface area contributed by atoms with Crippen molar-refractivity contribution in [2.75, 3.05) is 5.75 Å².